The summed E-state index contributed by atoms with van der Waals surface area (Å²) in [6.45, 7) is 2.58. The molecule has 0 unspecified atom stereocenters. The van der Waals surface area contributed by atoms with Crippen molar-refractivity contribution >= 4 is 0 Å². The third-order valence-corrected chi connectivity index (χ3v) is 1.89. The summed E-state index contributed by atoms with van der Waals surface area (Å²) in [5.41, 5.74) is 1.09. The van der Waals surface area contributed by atoms with Gasteiger partial charge in [-0.25, -0.2) is 9.78 Å². The van der Waals surface area contributed by atoms with Crippen LogP contribution < -0.4 is 0 Å². The average molecular weight is 226 g/mol. The Bertz CT molecular complexity index is 250. The third-order valence-electron chi connectivity index (χ3n) is 1.89. The van der Waals surface area contributed by atoms with Gasteiger partial charge in [-0.3, -0.25) is 0 Å². The first kappa shape index (κ1) is 13.1. The fourth-order valence-corrected chi connectivity index (χ4v) is 1.08. The molecule has 0 N–H and O–H groups in total. The largest absolute Gasteiger partial charge is 0.382 e. The van der Waals surface area contributed by atoms with Crippen molar-refractivity contribution in [2.45, 2.75) is 6.61 Å². The summed E-state index contributed by atoms with van der Waals surface area (Å²) in [4.78, 5) is 9.97. The van der Waals surface area contributed by atoms with Crippen LogP contribution >= 0.6 is 0 Å². The zero-order chi connectivity index (χ0) is 11.5. The molecule has 0 bridgehead atoms. The van der Waals surface area contributed by atoms with Crippen molar-refractivity contribution in [2.75, 3.05) is 33.5 Å². The first-order chi connectivity index (χ1) is 7.93. The van der Waals surface area contributed by atoms with Crippen LogP contribution in [-0.4, -0.2) is 33.5 Å². The Hall–Kier alpha value is -0.940. The van der Waals surface area contributed by atoms with E-state index < -0.39 is 0 Å². The quantitative estimate of drug-likeness (QED) is 0.365. The van der Waals surface area contributed by atoms with Crippen LogP contribution in [0.4, 0.5) is 0 Å². The van der Waals surface area contributed by atoms with E-state index in [1.165, 1.54) is 0 Å². The molecule has 0 atom stereocenters. The molecule has 0 saturated carbocycles. The van der Waals surface area contributed by atoms with Gasteiger partial charge in [0.2, 0.25) is 0 Å². The van der Waals surface area contributed by atoms with Crippen LogP contribution in [0.1, 0.15) is 5.56 Å². The van der Waals surface area contributed by atoms with E-state index in [1.807, 2.05) is 30.3 Å². The normalized spacial score (nSPS) is 10.6. The maximum absolute atomic E-state index is 5.20. The van der Waals surface area contributed by atoms with Gasteiger partial charge in [0.25, 0.3) is 0 Å². The summed E-state index contributed by atoms with van der Waals surface area (Å²) in [6.07, 6.45) is 0. The summed E-state index contributed by atoms with van der Waals surface area (Å²) in [5.74, 6) is 0. The minimum atomic E-state index is 0.427. The molecule has 0 amide bonds. The van der Waals surface area contributed by atoms with Gasteiger partial charge in [0.1, 0.15) is 13.2 Å². The Morgan fingerprint density at radius 3 is 2.38 bits per heavy atom. The molecule has 0 aliphatic carbocycles. The average Bonchev–Trinajstić information content (AvgIpc) is 2.34. The van der Waals surface area contributed by atoms with E-state index in [0.717, 1.165) is 5.56 Å². The molecule has 16 heavy (non-hydrogen) atoms. The zero-order valence-electron chi connectivity index (χ0n) is 9.56. The lowest BCUT2D eigenvalue weighted by Gasteiger charge is -2.05. The summed E-state index contributed by atoms with van der Waals surface area (Å²) in [5, 5.41) is 0. The van der Waals surface area contributed by atoms with E-state index in [-0.39, 0.29) is 0 Å². The Kier molecular flexibility index (Phi) is 7.63. The van der Waals surface area contributed by atoms with E-state index in [2.05, 4.69) is 0 Å². The minimum absolute atomic E-state index is 0.427. The molecular weight excluding hydrogens is 208 g/mol. The SMILES string of the molecule is COCCOCCOOCc1ccccc1. The van der Waals surface area contributed by atoms with E-state index in [4.69, 9.17) is 19.2 Å². The van der Waals surface area contributed by atoms with Crippen molar-refractivity contribution < 1.29 is 19.2 Å². The van der Waals surface area contributed by atoms with Crippen LogP contribution in [0.5, 0.6) is 0 Å². The fraction of sp³-hybridized carbons (Fsp3) is 0.500. The van der Waals surface area contributed by atoms with Gasteiger partial charge in [0.15, 0.2) is 0 Å². The van der Waals surface area contributed by atoms with Crippen LogP contribution in [0.25, 0.3) is 0 Å². The van der Waals surface area contributed by atoms with Crippen molar-refractivity contribution in [2.24, 2.45) is 0 Å². The lowest BCUT2D eigenvalue weighted by Crippen LogP contribution is -2.08. The maximum atomic E-state index is 5.20. The Morgan fingerprint density at radius 1 is 0.875 bits per heavy atom. The lowest BCUT2D eigenvalue weighted by molar-refractivity contribution is -0.308. The number of ether oxygens (including phenoxy) is 2. The van der Waals surface area contributed by atoms with Gasteiger partial charge >= 0.3 is 0 Å². The van der Waals surface area contributed by atoms with E-state index >= 15 is 0 Å². The highest BCUT2D eigenvalue weighted by atomic mass is 17.2. The van der Waals surface area contributed by atoms with Crippen molar-refractivity contribution in [1.82, 2.24) is 0 Å². The molecule has 0 fully saturated rings. The van der Waals surface area contributed by atoms with Crippen molar-refractivity contribution in [3.8, 4) is 0 Å². The van der Waals surface area contributed by atoms with Crippen molar-refractivity contribution in [1.29, 1.82) is 0 Å². The first-order valence-corrected chi connectivity index (χ1v) is 5.28. The summed E-state index contributed by atoms with van der Waals surface area (Å²) in [7, 11) is 1.64. The molecule has 1 aromatic carbocycles. The van der Waals surface area contributed by atoms with E-state index in [1.54, 1.807) is 7.11 Å². The number of hydrogen-bond donors (Lipinski definition) is 0. The maximum Gasteiger partial charge on any atom is 0.107 e. The first-order valence-electron chi connectivity index (χ1n) is 5.28. The van der Waals surface area contributed by atoms with Gasteiger partial charge in [-0.1, -0.05) is 30.3 Å². The standard InChI is InChI=1S/C12H18O4/c1-13-7-8-14-9-10-15-16-11-12-5-3-2-4-6-12/h2-6H,7-11H2,1H3. The van der Waals surface area contributed by atoms with Gasteiger partial charge in [-0.05, 0) is 5.56 Å². The second kappa shape index (κ2) is 9.30. The Labute approximate surface area is 96.0 Å². The molecule has 90 valence electrons. The van der Waals surface area contributed by atoms with Crippen molar-refractivity contribution in [3.05, 3.63) is 35.9 Å². The van der Waals surface area contributed by atoms with Gasteiger partial charge in [-0.15, -0.1) is 0 Å². The number of rotatable bonds is 9. The summed E-state index contributed by atoms with van der Waals surface area (Å²) < 4.78 is 10.0. The smallest absolute Gasteiger partial charge is 0.107 e. The zero-order valence-corrected chi connectivity index (χ0v) is 9.56. The summed E-state index contributed by atoms with van der Waals surface area (Å²) >= 11 is 0. The summed E-state index contributed by atoms with van der Waals surface area (Å²) in [6, 6.07) is 9.87. The van der Waals surface area contributed by atoms with Crippen LogP contribution in [0.15, 0.2) is 30.3 Å². The molecule has 0 aromatic heterocycles. The minimum Gasteiger partial charge on any atom is -0.382 e. The molecule has 1 aromatic rings. The molecule has 0 aliphatic heterocycles. The van der Waals surface area contributed by atoms with Crippen LogP contribution in [0.3, 0.4) is 0 Å². The third kappa shape index (κ3) is 6.53. The molecule has 4 heteroatoms. The number of benzene rings is 1. The van der Waals surface area contributed by atoms with Gasteiger partial charge in [-0.2, -0.15) is 0 Å². The van der Waals surface area contributed by atoms with Crippen LogP contribution in [0, 0.1) is 0 Å². The van der Waals surface area contributed by atoms with E-state index in [0.29, 0.717) is 33.0 Å². The van der Waals surface area contributed by atoms with Crippen molar-refractivity contribution in [3.63, 3.8) is 0 Å². The fourth-order valence-electron chi connectivity index (χ4n) is 1.08. The Morgan fingerprint density at radius 2 is 1.62 bits per heavy atom. The predicted molar refractivity (Wildman–Crippen MR) is 59.9 cm³/mol. The monoisotopic (exact) mass is 226 g/mol. The van der Waals surface area contributed by atoms with Gasteiger partial charge in [0.05, 0.1) is 19.8 Å². The van der Waals surface area contributed by atoms with Crippen LogP contribution in [0.2, 0.25) is 0 Å². The number of hydrogen-bond acceptors (Lipinski definition) is 4. The molecule has 4 nitrogen and oxygen atoms in total. The molecule has 1 rings (SSSR count). The second-order valence-corrected chi connectivity index (χ2v) is 3.17. The highest BCUT2D eigenvalue weighted by Crippen LogP contribution is 2.00. The van der Waals surface area contributed by atoms with E-state index in [9.17, 15) is 0 Å². The molecule has 0 radical (unpaired) electrons. The Balaban J connectivity index is 1.89. The van der Waals surface area contributed by atoms with Crippen LogP contribution in [-0.2, 0) is 25.9 Å². The lowest BCUT2D eigenvalue weighted by atomic mass is 10.2. The van der Waals surface area contributed by atoms with Gasteiger partial charge in [0, 0.05) is 7.11 Å². The highest BCUT2D eigenvalue weighted by molar-refractivity contribution is 5.13. The second-order valence-electron chi connectivity index (χ2n) is 3.17. The predicted octanol–water partition coefficient (Wildman–Crippen LogP) is 1.80. The molecular formula is C12H18O4. The molecule has 0 saturated heterocycles. The molecule has 0 heterocycles. The highest BCUT2D eigenvalue weighted by Gasteiger charge is 1.93. The number of methoxy groups -OCH3 is 1. The van der Waals surface area contributed by atoms with Gasteiger partial charge < -0.3 is 9.47 Å². The topological polar surface area (TPSA) is 36.9 Å². The molecule has 0 aliphatic rings. The molecule has 0 spiro atoms.